The Morgan fingerprint density at radius 1 is 0.500 bits per heavy atom. The number of nitrogens with zero attached hydrogens (tertiary/aromatic N) is 3. The van der Waals surface area contributed by atoms with Crippen LogP contribution in [0, 0.1) is 0 Å². The summed E-state index contributed by atoms with van der Waals surface area (Å²) in [7, 11) is -0.460. The highest BCUT2D eigenvalue weighted by Gasteiger charge is 2.52. The van der Waals surface area contributed by atoms with E-state index in [2.05, 4.69) is 88.4 Å². The summed E-state index contributed by atoms with van der Waals surface area (Å²) in [5.74, 6) is 1.93. The van der Waals surface area contributed by atoms with Crippen LogP contribution in [-0.2, 0) is 9.31 Å². The Kier molecular flexibility index (Phi) is 6.87. The first-order chi connectivity index (χ1) is 22.3. The highest BCUT2D eigenvalue weighted by atomic mass is 32.1. The molecule has 2 aromatic heterocycles. The van der Waals surface area contributed by atoms with Gasteiger partial charge in [0.1, 0.15) is 0 Å². The van der Waals surface area contributed by atoms with E-state index in [1.165, 1.54) is 20.2 Å². The van der Waals surface area contributed by atoms with Gasteiger partial charge in [-0.2, -0.15) is 0 Å². The Bertz CT molecular complexity index is 2140. The molecule has 0 unspecified atom stereocenters. The fraction of sp³-hybridized carbons (Fsp3) is 0.154. The number of benzene rings is 5. The van der Waals surface area contributed by atoms with Crippen molar-refractivity contribution in [2.24, 2.45) is 0 Å². The molecule has 0 saturated carbocycles. The molecule has 1 fully saturated rings. The topological polar surface area (TPSA) is 57.1 Å². The first kappa shape index (κ1) is 28.8. The predicted molar refractivity (Wildman–Crippen MR) is 190 cm³/mol. The molecule has 0 amide bonds. The molecule has 0 spiro atoms. The average molecular weight is 618 g/mol. The van der Waals surface area contributed by atoms with Crippen LogP contribution >= 0.6 is 11.3 Å². The van der Waals surface area contributed by atoms with Crippen LogP contribution in [0.4, 0.5) is 0 Å². The van der Waals surface area contributed by atoms with Gasteiger partial charge in [-0.15, -0.1) is 11.3 Å². The van der Waals surface area contributed by atoms with Gasteiger partial charge in [0.2, 0.25) is 0 Å². The van der Waals surface area contributed by atoms with Crippen molar-refractivity contribution in [1.29, 1.82) is 0 Å². The first-order valence-corrected chi connectivity index (χ1v) is 16.4. The van der Waals surface area contributed by atoms with Crippen molar-refractivity contribution in [1.82, 2.24) is 15.0 Å². The van der Waals surface area contributed by atoms with Gasteiger partial charge in [-0.3, -0.25) is 0 Å². The average Bonchev–Trinajstić information content (AvgIpc) is 3.57. The molecule has 1 aliphatic heterocycles. The zero-order valence-electron chi connectivity index (χ0n) is 26.2. The predicted octanol–water partition coefficient (Wildman–Crippen LogP) is 9.21. The van der Waals surface area contributed by atoms with Crippen molar-refractivity contribution >= 4 is 44.1 Å². The number of hydrogen-bond donors (Lipinski definition) is 0. The maximum Gasteiger partial charge on any atom is 0.496 e. The number of thiophene rings is 1. The summed E-state index contributed by atoms with van der Waals surface area (Å²) in [4.78, 5) is 14.7. The minimum atomic E-state index is -0.460. The molecule has 7 aromatic rings. The van der Waals surface area contributed by atoms with E-state index in [9.17, 15) is 0 Å². The Morgan fingerprint density at radius 3 is 1.54 bits per heavy atom. The van der Waals surface area contributed by atoms with Gasteiger partial charge >= 0.3 is 7.12 Å². The zero-order chi connectivity index (χ0) is 31.5. The molecule has 0 atom stereocenters. The molecule has 0 bridgehead atoms. The van der Waals surface area contributed by atoms with Crippen molar-refractivity contribution in [2.45, 2.75) is 38.9 Å². The maximum absolute atomic E-state index is 6.58. The highest BCUT2D eigenvalue weighted by molar-refractivity contribution is 7.27. The van der Waals surface area contributed by atoms with Gasteiger partial charge in [0.15, 0.2) is 17.5 Å². The summed E-state index contributed by atoms with van der Waals surface area (Å²) >= 11 is 1.80. The third kappa shape index (κ3) is 5.01. The number of hydrogen-bond acceptors (Lipinski definition) is 6. The Hall–Kier alpha value is -4.69. The second kappa shape index (κ2) is 11.0. The second-order valence-corrected chi connectivity index (χ2v) is 13.8. The minimum absolute atomic E-state index is 0.430. The van der Waals surface area contributed by atoms with E-state index in [-0.39, 0.29) is 0 Å². The first-order valence-electron chi connectivity index (χ1n) is 15.5. The fourth-order valence-electron chi connectivity index (χ4n) is 5.91. The molecule has 1 saturated heterocycles. The van der Waals surface area contributed by atoms with Crippen LogP contribution in [0.5, 0.6) is 0 Å². The van der Waals surface area contributed by atoms with Gasteiger partial charge in [-0.25, -0.2) is 15.0 Å². The Balaban J connectivity index is 1.23. The van der Waals surface area contributed by atoms with Gasteiger partial charge in [0.25, 0.3) is 0 Å². The van der Waals surface area contributed by atoms with Crippen LogP contribution in [0.1, 0.15) is 27.7 Å². The maximum atomic E-state index is 6.58. The SMILES string of the molecule is CC1(C)OB(c2cc(-c3ccc(-c4nc(-c5ccccc5)nc(-c5ccccc5)n4)cc3)cc3c2sc2ccccc23)OC1(C)C. The lowest BCUT2D eigenvalue weighted by Gasteiger charge is -2.32. The van der Waals surface area contributed by atoms with Crippen LogP contribution in [0.25, 0.3) is 65.5 Å². The van der Waals surface area contributed by atoms with E-state index < -0.39 is 18.3 Å². The van der Waals surface area contributed by atoms with E-state index in [0.717, 1.165) is 33.3 Å². The fourth-order valence-corrected chi connectivity index (χ4v) is 7.12. The van der Waals surface area contributed by atoms with Crippen LogP contribution in [0.15, 0.2) is 121 Å². The van der Waals surface area contributed by atoms with Crippen molar-refractivity contribution in [2.75, 3.05) is 0 Å². The van der Waals surface area contributed by atoms with Crippen LogP contribution in [0.2, 0.25) is 0 Å². The van der Waals surface area contributed by atoms with Gasteiger partial charge in [0, 0.05) is 42.3 Å². The summed E-state index contributed by atoms with van der Waals surface area (Å²) in [6.07, 6.45) is 0. The Morgan fingerprint density at radius 2 is 0.978 bits per heavy atom. The van der Waals surface area contributed by atoms with Gasteiger partial charge < -0.3 is 9.31 Å². The lowest BCUT2D eigenvalue weighted by atomic mass is 9.77. The standard InChI is InChI=1S/C39H32BN3O2S/c1-38(2)39(3,4)45-40(44-38)32-24-29(23-31-30-17-11-12-18-33(30)46-34(31)32)25-19-21-28(22-20-25)37-42-35(26-13-7-5-8-14-26)41-36(43-37)27-15-9-6-10-16-27/h5-24H,1-4H3. The molecule has 1 aliphatic rings. The molecule has 0 aliphatic carbocycles. The molecule has 3 heterocycles. The second-order valence-electron chi connectivity index (χ2n) is 12.7. The smallest absolute Gasteiger partial charge is 0.399 e. The van der Waals surface area contributed by atoms with E-state index in [1.54, 1.807) is 11.3 Å². The van der Waals surface area contributed by atoms with Gasteiger partial charge in [-0.05, 0) is 51.0 Å². The van der Waals surface area contributed by atoms with Crippen molar-refractivity contribution in [3.05, 3.63) is 121 Å². The van der Waals surface area contributed by atoms with E-state index in [1.807, 2.05) is 60.7 Å². The van der Waals surface area contributed by atoms with Crippen LogP contribution in [0.3, 0.4) is 0 Å². The Labute approximate surface area is 273 Å². The minimum Gasteiger partial charge on any atom is -0.399 e. The molecule has 5 nitrogen and oxygen atoms in total. The van der Waals surface area contributed by atoms with Gasteiger partial charge in [-0.1, -0.05) is 109 Å². The zero-order valence-corrected chi connectivity index (χ0v) is 27.0. The molecule has 0 radical (unpaired) electrons. The van der Waals surface area contributed by atoms with Crippen molar-refractivity contribution in [3.8, 4) is 45.3 Å². The molecule has 46 heavy (non-hydrogen) atoms. The number of rotatable bonds is 5. The number of fused-ring (bicyclic) bond motifs is 3. The normalized spacial score (nSPS) is 15.5. The van der Waals surface area contributed by atoms with Crippen molar-refractivity contribution in [3.63, 3.8) is 0 Å². The van der Waals surface area contributed by atoms with E-state index >= 15 is 0 Å². The van der Waals surface area contributed by atoms with Crippen LogP contribution < -0.4 is 5.46 Å². The lowest BCUT2D eigenvalue weighted by Crippen LogP contribution is -2.41. The molecular weight excluding hydrogens is 585 g/mol. The molecule has 8 rings (SSSR count). The molecule has 7 heteroatoms. The molecule has 0 N–H and O–H groups in total. The van der Waals surface area contributed by atoms with Crippen LogP contribution in [-0.4, -0.2) is 33.3 Å². The van der Waals surface area contributed by atoms with E-state index in [0.29, 0.717) is 17.5 Å². The summed E-state index contributed by atoms with van der Waals surface area (Å²) in [6, 6.07) is 41.7. The van der Waals surface area contributed by atoms with Gasteiger partial charge in [0.05, 0.1) is 11.2 Å². The van der Waals surface area contributed by atoms with E-state index in [4.69, 9.17) is 24.3 Å². The molecule has 5 aromatic carbocycles. The monoisotopic (exact) mass is 617 g/mol. The summed E-state index contributed by atoms with van der Waals surface area (Å²) < 4.78 is 15.6. The summed E-state index contributed by atoms with van der Waals surface area (Å²) in [5, 5.41) is 2.45. The third-order valence-electron chi connectivity index (χ3n) is 9.19. The molecular formula is C39H32BN3O2S. The summed E-state index contributed by atoms with van der Waals surface area (Å²) in [6.45, 7) is 8.41. The summed E-state index contributed by atoms with van der Waals surface area (Å²) in [5.41, 5.74) is 5.23. The lowest BCUT2D eigenvalue weighted by molar-refractivity contribution is 0.00578. The largest absolute Gasteiger partial charge is 0.496 e. The van der Waals surface area contributed by atoms with Crippen molar-refractivity contribution < 1.29 is 9.31 Å². The molecule has 224 valence electrons. The number of aromatic nitrogens is 3. The third-order valence-corrected chi connectivity index (χ3v) is 10.4. The quantitative estimate of drug-likeness (QED) is 0.180. The highest BCUT2D eigenvalue weighted by Crippen LogP contribution is 2.40.